The fourth-order valence-electron chi connectivity index (χ4n) is 2.55. The predicted molar refractivity (Wildman–Crippen MR) is 104 cm³/mol. The second-order valence-corrected chi connectivity index (χ2v) is 13.5. The lowest BCUT2D eigenvalue weighted by molar-refractivity contribution is -0.124. The van der Waals surface area contributed by atoms with Gasteiger partial charge >= 0.3 is 37.3 Å². The molecule has 2 aliphatic rings. The summed E-state index contributed by atoms with van der Waals surface area (Å²) in [6, 6.07) is -0.987. The molecule has 0 aromatic rings. The number of hydrogen-bond acceptors (Lipinski definition) is 13. The number of alkyl halides is 1. The average molecular weight is 645 g/mol. The SMILES string of the molecule is O=C1NC(=O)N(C2OC(COP(=O)(O)OP(=O)(O)OP(=O)(O)OP(=O)(O)O)C(O)C2O)CC1Br. The van der Waals surface area contributed by atoms with Crippen LogP contribution in [0.5, 0.6) is 0 Å². The molecule has 2 rings (SSSR count). The topological polar surface area (TPSA) is 305 Å². The maximum absolute atomic E-state index is 12.0. The molecule has 2 fully saturated rings. The molecule has 20 nitrogen and oxygen atoms in total. The van der Waals surface area contributed by atoms with E-state index in [9.17, 15) is 47.8 Å². The molecule has 0 aromatic heterocycles. The van der Waals surface area contributed by atoms with Crippen LogP contribution in [0.1, 0.15) is 0 Å². The fraction of sp³-hybridized carbons (Fsp3) is 0.778. The molecule has 0 saturated carbocycles. The van der Waals surface area contributed by atoms with E-state index in [-0.39, 0.29) is 6.54 Å². The Morgan fingerprint density at radius 2 is 1.47 bits per heavy atom. The van der Waals surface area contributed by atoms with E-state index in [1.54, 1.807) is 0 Å². The molecular weight excluding hydrogens is 628 g/mol. The first kappa shape index (κ1) is 30.1. The maximum atomic E-state index is 12.0. The van der Waals surface area contributed by atoms with Crippen LogP contribution < -0.4 is 5.32 Å². The number of aliphatic hydroxyl groups excluding tert-OH is 2. The zero-order valence-electron chi connectivity index (χ0n) is 16.0. The van der Waals surface area contributed by atoms with Crippen LogP contribution in [-0.2, 0) is 45.2 Å². The van der Waals surface area contributed by atoms with E-state index in [1.807, 2.05) is 5.32 Å². The second-order valence-electron chi connectivity index (χ2n) is 6.40. The highest BCUT2D eigenvalue weighted by Gasteiger charge is 2.50. The van der Waals surface area contributed by atoms with Crippen molar-refractivity contribution in [1.29, 1.82) is 0 Å². The number of carbonyl (C=O) groups excluding carboxylic acids is 2. The maximum Gasteiger partial charge on any atom is 0.490 e. The number of nitrogens with zero attached hydrogens (tertiary/aromatic N) is 1. The molecule has 0 radical (unpaired) electrons. The van der Waals surface area contributed by atoms with Gasteiger partial charge in [0.05, 0.1) is 6.61 Å². The smallest absolute Gasteiger partial charge is 0.387 e. The van der Waals surface area contributed by atoms with Crippen molar-refractivity contribution in [3.8, 4) is 0 Å². The summed E-state index contributed by atoms with van der Waals surface area (Å²) in [6.07, 6.45) is -6.86. The monoisotopic (exact) mass is 644 g/mol. The Balaban J connectivity index is 1.99. The second kappa shape index (κ2) is 10.7. The highest BCUT2D eigenvalue weighted by atomic mass is 79.9. The molecule has 25 heteroatoms. The minimum atomic E-state index is -6.04. The molecule has 0 bridgehead atoms. The summed E-state index contributed by atoms with van der Waals surface area (Å²) < 4.78 is 65.2. The highest BCUT2D eigenvalue weighted by molar-refractivity contribution is 9.10. The van der Waals surface area contributed by atoms with Gasteiger partial charge in [-0.05, 0) is 0 Å². The number of ether oxygens (including phenoxy) is 1. The van der Waals surface area contributed by atoms with Crippen LogP contribution in [-0.4, -0.2) is 94.0 Å². The summed E-state index contributed by atoms with van der Waals surface area (Å²) in [5.74, 6) is -0.679. The van der Waals surface area contributed by atoms with Crippen LogP contribution >= 0.6 is 47.2 Å². The van der Waals surface area contributed by atoms with Gasteiger partial charge in [-0.15, -0.1) is 0 Å². The van der Waals surface area contributed by atoms with E-state index in [4.69, 9.17) is 19.4 Å². The lowest BCUT2D eigenvalue weighted by Crippen LogP contribution is -2.60. The van der Waals surface area contributed by atoms with Crippen molar-refractivity contribution in [1.82, 2.24) is 10.2 Å². The zero-order valence-corrected chi connectivity index (χ0v) is 21.2. The molecule has 2 aliphatic heterocycles. The van der Waals surface area contributed by atoms with Crippen molar-refractivity contribution < 1.29 is 84.7 Å². The van der Waals surface area contributed by atoms with E-state index in [0.717, 1.165) is 4.90 Å². The number of amides is 3. The Hall–Kier alpha value is -0.140. The van der Waals surface area contributed by atoms with Gasteiger partial charge in [0.25, 0.3) is 0 Å². The quantitative estimate of drug-likeness (QED) is 0.0961. The number of urea groups is 1. The molecule has 198 valence electrons. The van der Waals surface area contributed by atoms with E-state index in [2.05, 4.69) is 33.4 Å². The normalized spacial score (nSPS) is 33.6. The molecule has 3 amide bonds. The van der Waals surface area contributed by atoms with Crippen molar-refractivity contribution in [3.63, 3.8) is 0 Å². The van der Waals surface area contributed by atoms with Gasteiger partial charge in [0.1, 0.15) is 23.1 Å². The Kier molecular flexibility index (Phi) is 9.46. The van der Waals surface area contributed by atoms with E-state index in [0.29, 0.717) is 0 Å². The number of phosphoric ester groups is 1. The van der Waals surface area contributed by atoms with Crippen LogP contribution in [0, 0.1) is 0 Å². The Morgan fingerprint density at radius 1 is 0.941 bits per heavy atom. The zero-order chi connectivity index (χ0) is 26.3. The summed E-state index contributed by atoms with van der Waals surface area (Å²) in [4.78, 5) is 68.0. The van der Waals surface area contributed by atoms with Gasteiger partial charge in [-0.25, -0.2) is 23.1 Å². The third kappa shape index (κ3) is 8.47. The first-order chi connectivity index (χ1) is 15.2. The first-order valence-electron chi connectivity index (χ1n) is 8.31. The minimum absolute atomic E-state index is 0.294. The molecule has 8 atom stereocenters. The van der Waals surface area contributed by atoms with E-state index >= 15 is 0 Å². The standard InChI is InChI=1S/C9H17BrN2O18P4/c10-3-1-12(9(16)11-7(3)15)8-6(14)5(13)4(27-8)2-26-32(20,21)29-34(24,25)30-33(22,23)28-31(17,18)19/h3-6,8,13-14H,1-2H2,(H,20,21)(H,22,23)(H,24,25)(H,11,15,16)(H2,17,18,19). The fourth-order valence-corrected chi connectivity index (χ4v) is 7.44. The number of carbonyl (C=O) groups is 2. The number of hydrogen-bond donors (Lipinski definition) is 8. The van der Waals surface area contributed by atoms with Gasteiger partial charge in [0, 0.05) is 6.54 Å². The number of halogens is 1. The summed E-state index contributed by atoms with van der Waals surface area (Å²) in [7, 11) is -23.4. The van der Waals surface area contributed by atoms with Crippen molar-refractivity contribution in [3.05, 3.63) is 0 Å². The first-order valence-corrected chi connectivity index (χ1v) is 15.2. The molecule has 0 aliphatic carbocycles. The summed E-state index contributed by atoms with van der Waals surface area (Å²) >= 11 is 2.97. The van der Waals surface area contributed by atoms with Gasteiger partial charge in [0.15, 0.2) is 6.23 Å². The van der Waals surface area contributed by atoms with Crippen molar-refractivity contribution in [2.24, 2.45) is 0 Å². The molecule has 8 unspecified atom stereocenters. The van der Waals surface area contributed by atoms with Crippen molar-refractivity contribution >= 4 is 59.2 Å². The third-order valence-corrected chi connectivity index (χ3v) is 9.96. The average Bonchev–Trinajstić information content (AvgIpc) is 2.87. The molecule has 34 heavy (non-hydrogen) atoms. The molecule has 0 spiro atoms. The molecule has 0 aromatic carbocycles. The Bertz CT molecular complexity index is 1000. The molecule has 2 heterocycles. The number of aliphatic hydroxyl groups is 2. The van der Waals surface area contributed by atoms with Gasteiger partial charge in [-0.2, -0.15) is 12.9 Å². The van der Waals surface area contributed by atoms with Gasteiger partial charge in [-0.3, -0.25) is 19.5 Å². The molecular formula is C9H17BrN2O18P4. The summed E-state index contributed by atoms with van der Waals surface area (Å²) in [5.41, 5.74) is 0. The number of rotatable bonds is 10. The van der Waals surface area contributed by atoms with Crippen molar-refractivity contribution in [2.45, 2.75) is 29.4 Å². The number of nitrogens with one attached hydrogen (secondary N) is 1. The number of imide groups is 1. The van der Waals surface area contributed by atoms with Crippen LogP contribution in [0.25, 0.3) is 0 Å². The largest absolute Gasteiger partial charge is 0.490 e. The van der Waals surface area contributed by atoms with Gasteiger partial charge in [0.2, 0.25) is 5.91 Å². The van der Waals surface area contributed by atoms with E-state index < -0.39 is 79.2 Å². The van der Waals surface area contributed by atoms with E-state index in [1.165, 1.54) is 0 Å². The van der Waals surface area contributed by atoms with Crippen molar-refractivity contribution in [2.75, 3.05) is 13.2 Å². The van der Waals surface area contributed by atoms with Crippen LogP contribution in [0.15, 0.2) is 0 Å². The minimum Gasteiger partial charge on any atom is -0.387 e. The van der Waals surface area contributed by atoms with Crippen LogP contribution in [0.4, 0.5) is 4.79 Å². The summed E-state index contributed by atoms with van der Waals surface area (Å²) in [6.45, 7) is -1.43. The van der Waals surface area contributed by atoms with Gasteiger partial charge < -0.3 is 39.4 Å². The Labute approximate surface area is 196 Å². The third-order valence-electron chi connectivity index (χ3n) is 3.80. The highest BCUT2D eigenvalue weighted by Crippen LogP contribution is 2.70. The molecule has 8 N–H and O–H groups in total. The van der Waals surface area contributed by atoms with Crippen LogP contribution in [0.3, 0.4) is 0 Å². The predicted octanol–water partition coefficient (Wildman–Crippen LogP) is -1.79. The summed E-state index contributed by atoms with van der Waals surface area (Å²) in [5, 5.41) is 22.1. The lowest BCUT2D eigenvalue weighted by Gasteiger charge is -2.34. The Morgan fingerprint density at radius 3 is 2.03 bits per heavy atom. The van der Waals surface area contributed by atoms with Crippen LogP contribution in [0.2, 0.25) is 0 Å². The lowest BCUT2D eigenvalue weighted by atomic mass is 10.1. The number of phosphoric acid groups is 4. The molecule has 2 saturated heterocycles. The van der Waals surface area contributed by atoms with Gasteiger partial charge in [-0.1, -0.05) is 15.9 Å².